The van der Waals surface area contributed by atoms with E-state index < -0.39 is 0 Å². The number of carbonyl (C=O) groups is 1. The summed E-state index contributed by atoms with van der Waals surface area (Å²) in [7, 11) is 1.77. The lowest BCUT2D eigenvalue weighted by Gasteiger charge is -2.02. The SMILES string of the molecule is Cc1n[nH]c(C)c1NC(=O)c1cnn(C)c1. The van der Waals surface area contributed by atoms with E-state index in [4.69, 9.17) is 0 Å². The van der Waals surface area contributed by atoms with E-state index in [1.807, 2.05) is 13.8 Å². The zero-order valence-corrected chi connectivity index (χ0v) is 9.40. The molecule has 6 heteroatoms. The first-order valence-electron chi connectivity index (χ1n) is 4.89. The van der Waals surface area contributed by atoms with Gasteiger partial charge in [0.05, 0.1) is 28.8 Å². The first-order valence-corrected chi connectivity index (χ1v) is 4.89. The molecule has 2 rings (SSSR count). The molecule has 0 spiro atoms. The number of hydrogen-bond donors (Lipinski definition) is 2. The van der Waals surface area contributed by atoms with Gasteiger partial charge >= 0.3 is 0 Å². The fourth-order valence-corrected chi connectivity index (χ4v) is 1.46. The van der Waals surface area contributed by atoms with Crippen molar-refractivity contribution in [2.45, 2.75) is 13.8 Å². The second-order valence-corrected chi connectivity index (χ2v) is 3.67. The number of amides is 1. The van der Waals surface area contributed by atoms with E-state index >= 15 is 0 Å². The van der Waals surface area contributed by atoms with Crippen molar-refractivity contribution in [3.05, 3.63) is 29.3 Å². The summed E-state index contributed by atoms with van der Waals surface area (Å²) in [5.41, 5.74) is 2.88. The van der Waals surface area contributed by atoms with E-state index in [-0.39, 0.29) is 5.91 Å². The van der Waals surface area contributed by atoms with Gasteiger partial charge in [-0.1, -0.05) is 0 Å². The summed E-state index contributed by atoms with van der Waals surface area (Å²) in [5, 5.41) is 13.6. The van der Waals surface area contributed by atoms with E-state index in [0.717, 1.165) is 17.1 Å². The van der Waals surface area contributed by atoms with Gasteiger partial charge in [-0.05, 0) is 13.8 Å². The van der Waals surface area contributed by atoms with Crippen molar-refractivity contribution < 1.29 is 4.79 Å². The Morgan fingerprint density at radius 1 is 1.50 bits per heavy atom. The maximum atomic E-state index is 11.8. The van der Waals surface area contributed by atoms with Gasteiger partial charge in [0.1, 0.15) is 0 Å². The molecule has 0 aliphatic heterocycles. The maximum absolute atomic E-state index is 11.8. The zero-order chi connectivity index (χ0) is 11.7. The lowest BCUT2D eigenvalue weighted by Crippen LogP contribution is -2.12. The number of nitrogens with zero attached hydrogens (tertiary/aromatic N) is 3. The van der Waals surface area contributed by atoms with Crippen LogP contribution in [0, 0.1) is 13.8 Å². The number of hydrogen-bond acceptors (Lipinski definition) is 3. The van der Waals surface area contributed by atoms with Crippen molar-refractivity contribution in [3.63, 3.8) is 0 Å². The highest BCUT2D eigenvalue weighted by atomic mass is 16.1. The standard InChI is InChI=1S/C10H13N5O/c1-6-9(7(2)14-13-6)12-10(16)8-4-11-15(3)5-8/h4-5H,1-3H3,(H,12,16)(H,13,14). The van der Waals surface area contributed by atoms with E-state index in [1.165, 1.54) is 6.20 Å². The van der Waals surface area contributed by atoms with Crippen LogP contribution in [-0.4, -0.2) is 25.9 Å². The largest absolute Gasteiger partial charge is 0.319 e. The molecule has 0 saturated carbocycles. The van der Waals surface area contributed by atoms with Crippen LogP contribution in [0.5, 0.6) is 0 Å². The van der Waals surface area contributed by atoms with Crippen molar-refractivity contribution in [2.24, 2.45) is 7.05 Å². The van der Waals surface area contributed by atoms with Crippen molar-refractivity contribution in [1.29, 1.82) is 0 Å². The number of aromatic amines is 1. The molecule has 2 aromatic rings. The molecule has 2 heterocycles. The molecule has 0 saturated heterocycles. The van der Waals surface area contributed by atoms with Crippen LogP contribution in [0.4, 0.5) is 5.69 Å². The third-order valence-electron chi connectivity index (χ3n) is 2.33. The zero-order valence-electron chi connectivity index (χ0n) is 9.40. The van der Waals surface area contributed by atoms with Gasteiger partial charge in [0.15, 0.2) is 0 Å². The van der Waals surface area contributed by atoms with Crippen molar-refractivity contribution >= 4 is 11.6 Å². The summed E-state index contributed by atoms with van der Waals surface area (Å²) >= 11 is 0. The van der Waals surface area contributed by atoms with Gasteiger partial charge in [-0.25, -0.2) is 0 Å². The molecule has 0 fully saturated rings. The summed E-state index contributed by atoms with van der Waals surface area (Å²) in [5.74, 6) is -0.180. The molecule has 0 radical (unpaired) electrons. The molecule has 0 aliphatic carbocycles. The summed E-state index contributed by atoms with van der Waals surface area (Å²) in [4.78, 5) is 11.8. The molecule has 2 N–H and O–H groups in total. The second kappa shape index (κ2) is 3.80. The Labute approximate surface area is 92.7 Å². The van der Waals surface area contributed by atoms with Crippen LogP contribution in [0.3, 0.4) is 0 Å². The Balaban J connectivity index is 2.20. The highest BCUT2D eigenvalue weighted by Crippen LogP contribution is 2.16. The summed E-state index contributed by atoms with van der Waals surface area (Å²) < 4.78 is 1.59. The monoisotopic (exact) mass is 219 g/mol. The normalized spacial score (nSPS) is 10.4. The van der Waals surface area contributed by atoms with Crippen LogP contribution in [0.2, 0.25) is 0 Å². The molecule has 0 bridgehead atoms. The van der Waals surface area contributed by atoms with Crippen molar-refractivity contribution in [1.82, 2.24) is 20.0 Å². The topological polar surface area (TPSA) is 75.6 Å². The number of rotatable bonds is 2. The van der Waals surface area contributed by atoms with Crippen molar-refractivity contribution in [3.8, 4) is 0 Å². The van der Waals surface area contributed by atoms with Gasteiger partial charge < -0.3 is 5.32 Å². The Bertz CT molecular complexity index is 506. The Morgan fingerprint density at radius 2 is 2.25 bits per heavy atom. The molecule has 0 aliphatic rings. The van der Waals surface area contributed by atoms with Crippen LogP contribution in [0.25, 0.3) is 0 Å². The Kier molecular flexibility index (Phi) is 2.47. The van der Waals surface area contributed by atoms with E-state index in [2.05, 4.69) is 20.6 Å². The Morgan fingerprint density at radius 3 is 2.75 bits per heavy atom. The summed E-state index contributed by atoms with van der Waals surface area (Å²) in [6.07, 6.45) is 3.19. The van der Waals surface area contributed by atoms with Crippen LogP contribution in [0.1, 0.15) is 21.7 Å². The number of aryl methyl sites for hydroxylation is 3. The highest BCUT2D eigenvalue weighted by molar-refractivity contribution is 6.04. The van der Waals surface area contributed by atoms with Crippen LogP contribution < -0.4 is 5.32 Å². The number of anilines is 1. The van der Waals surface area contributed by atoms with Crippen LogP contribution in [-0.2, 0) is 7.05 Å². The Hall–Kier alpha value is -2.11. The summed E-state index contributed by atoms with van der Waals surface area (Å²) in [6, 6.07) is 0. The van der Waals surface area contributed by atoms with E-state index in [9.17, 15) is 4.79 Å². The fourth-order valence-electron chi connectivity index (χ4n) is 1.46. The number of nitrogens with one attached hydrogen (secondary N) is 2. The molecule has 84 valence electrons. The van der Waals surface area contributed by atoms with Gasteiger partial charge in [0, 0.05) is 13.2 Å². The minimum absolute atomic E-state index is 0.180. The molecule has 1 amide bonds. The first kappa shape index (κ1) is 10.4. The average molecular weight is 219 g/mol. The van der Waals surface area contributed by atoms with E-state index in [1.54, 1.807) is 17.9 Å². The quantitative estimate of drug-likeness (QED) is 0.791. The van der Waals surface area contributed by atoms with Crippen LogP contribution in [0.15, 0.2) is 12.4 Å². The van der Waals surface area contributed by atoms with Gasteiger partial charge in [0.25, 0.3) is 5.91 Å². The van der Waals surface area contributed by atoms with Gasteiger partial charge in [-0.2, -0.15) is 10.2 Å². The first-order chi connectivity index (χ1) is 7.58. The lowest BCUT2D eigenvalue weighted by molar-refractivity contribution is 0.102. The van der Waals surface area contributed by atoms with Gasteiger partial charge in [-0.15, -0.1) is 0 Å². The van der Waals surface area contributed by atoms with Crippen LogP contribution >= 0.6 is 0 Å². The second-order valence-electron chi connectivity index (χ2n) is 3.67. The van der Waals surface area contributed by atoms with Crippen molar-refractivity contribution in [2.75, 3.05) is 5.32 Å². The number of H-pyrrole nitrogens is 1. The minimum atomic E-state index is -0.180. The molecule has 0 aromatic carbocycles. The van der Waals surface area contributed by atoms with Gasteiger partial charge in [-0.3, -0.25) is 14.6 Å². The molecule has 16 heavy (non-hydrogen) atoms. The molecule has 0 unspecified atom stereocenters. The third-order valence-corrected chi connectivity index (χ3v) is 2.33. The average Bonchev–Trinajstić information content (AvgIpc) is 2.79. The number of carbonyl (C=O) groups excluding carboxylic acids is 1. The van der Waals surface area contributed by atoms with Gasteiger partial charge in [0.2, 0.25) is 0 Å². The molecular weight excluding hydrogens is 206 g/mol. The third kappa shape index (κ3) is 1.81. The molecule has 2 aromatic heterocycles. The summed E-state index contributed by atoms with van der Waals surface area (Å²) in [6.45, 7) is 3.70. The highest BCUT2D eigenvalue weighted by Gasteiger charge is 2.12. The fraction of sp³-hybridized carbons (Fsp3) is 0.300. The molecular formula is C10H13N5O. The predicted octanol–water partition coefficient (Wildman–Crippen LogP) is 1.01. The maximum Gasteiger partial charge on any atom is 0.258 e. The predicted molar refractivity (Wildman–Crippen MR) is 59.2 cm³/mol. The smallest absolute Gasteiger partial charge is 0.258 e. The lowest BCUT2D eigenvalue weighted by atomic mass is 10.3. The molecule has 6 nitrogen and oxygen atoms in total. The molecule has 0 atom stereocenters. The van der Waals surface area contributed by atoms with E-state index in [0.29, 0.717) is 5.56 Å². The number of aromatic nitrogens is 4. The minimum Gasteiger partial charge on any atom is -0.319 e.